The van der Waals surface area contributed by atoms with Crippen LogP contribution in [0.15, 0.2) is 66.3 Å². The minimum Gasteiger partial charge on any atom is -0.322 e. The van der Waals surface area contributed by atoms with Crippen LogP contribution in [-0.4, -0.2) is 35.5 Å². The van der Waals surface area contributed by atoms with Crippen LogP contribution in [-0.2, 0) is 10.3 Å². The van der Waals surface area contributed by atoms with Gasteiger partial charge >= 0.3 is 6.03 Å². The number of hydrogen-bond acceptors (Lipinski definition) is 4. The summed E-state index contributed by atoms with van der Waals surface area (Å²) in [7, 11) is 0. The fraction of sp³-hybridized carbons (Fsp3) is 0.441. The van der Waals surface area contributed by atoms with Gasteiger partial charge in [-0.25, -0.2) is 9.18 Å². The van der Waals surface area contributed by atoms with E-state index in [9.17, 15) is 14.9 Å². The van der Waals surface area contributed by atoms with Gasteiger partial charge in [-0.1, -0.05) is 68.5 Å². The van der Waals surface area contributed by atoms with Crippen molar-refractivity contribution in [2.24, 2.45) is 5.92 Å². The number of rotatable bonds is 8. The molecule has 1 saturated heterocycles. The molecule has 2 aromatic carbocycles. The van der Waals surface area contributed by atoms with Crippen molar-refractivity contribution in [3.05, 3.63) is 82.7 Å². The number of nitriles is 1. The number of benzene rings is 2. The number of nitrogens with one attached hydrogen (secondary N) is 3. The second-order valence-corrected chi connectivity index (χ2v) is 12.2. The quantitative estimate of drug-likeness (QED) is 0.288. The smallest absolute Gasteiger partial charge is 0.322 e. The number of carbonyl (C=O) groups is 2. The molecule has 3 amide bonds. The molecule has 2 unspecified atom stereocenters. The summed E-state index contributed by atoms with van der Waals surface area (Å²) >= 11 is 5.98. The lowest BCUT2D eigenvalue weighted by Gasteiger charge is -2.39. The van der Waals surface area contributed by atoms with Gasteiger partial charge in [0.2, 0.25) is 5.91 Å². The van der Waals surface area contributed by atoms with Crippen LogP contribution < -0.4 is 16.0 Å². The highest BCUT2D eigenvalue weighted by Gasteiger charge is 2.40. The van der Waals surface area contributed by atoms with Crippen molar-refractivity contribution in [1.82, 2.24) is 10.2 Å². The predicted molar refractivity (Wildman–Crippen MR) is 168 cm³/mol. The summed E-state index contributed by atoms with van der Waals surface area (Å²) in [5.41, 5.74) is 1.88. The molecule has 3 atom stereocenters. The van der Waals surface area contributed by atoms with Gasteiger partial charge in [0, 0.05) is 17.3 Å². The standard InChI is InChI=1S/C34H39ClFN5O2/c1-2-24-7-6-8-28(22-37)40-34(24,19-18-23-10-11-23)25-12-17-29(36)30(21-25)39-32(42)31-9-4-3-5-20-41(31)33(43)38-27-15-13-26(35)14-16-27/h6-8,12-17,21,23,28,31,40H,2-5,9-11,18-20H2,1H3,(H,38,43)(H,39,42)/t28?,31-,34?/m1/s1. The lowest BCUT2D eigenvalue weighted by atomic mass is 9.76. The second kappa shape index (κ2) is 13.7. The molecule has 7 nitrogen and oxygen atoms in total. The Kier molecular flexibility index (Phi) is 9.84. The third-order valence-electron chi connectivity index (χ3n) is 8.82. The number of carbonyl (C=O) groups excluding carboxylic acids is 2. The number of likely N-dealkylation sites (tertiary alicyclic amines) is 1. The van der Waals surface area contributed by atoms with E-state index < -0.39 is 29.3 Å². The Labute approximate surface area is 258 Å². The van der Waals surface area contributed by atoms with Gasteiger partial charge in [-0.3, -0.25) is 10.1 Å². The van der Waals surface area contributed by atoms with Crippen molar-refractivity contribution in [2.75, 3.05) is 17.2 Å². The number of hydrogen-bond donors (Lipinski definition) is 3. The van der Waals surface area contributed by atoms with Gasteiger partial charge in [-0.05, 0) is 85.6 Å². The molecule has 9 heteroatoms. The van der Waals surface area contributed by atoms with E-state index in [1.807, 2.05) is 12.2 Å². The van der Waals surface area contributed by atoms with Gasteiger partial charge in [-0.2, -0.15) is 5.26 Å². The Bertz CT molecular complexity index is 1430. The molecule has 226 valence electrons. The van der Waals surface area contributed by atoms with Crippen LogP contribution >= 0.6 is 11.6 Å². The Morgan fingerprint density at radius 3 is 2.63 bits per heavy atom. The van der Waals surface area contributed by atoms with E-state index in [1.165, 1.54) is 18.9 Å². The van der Waals surface area contributed by atoms with Crippen molar-refractivity contribution < 1.29 is 14.0 Å². The fourth-order valence-electron chi connectivity index (χ4n) is 6.25. The van der Waals surface area contributed by atoms with E-state index in [0.717, 1.165) is 49.7 Å². The van der Waals surface area contributed by atoms with Crippen LogP contribution in [0.1, 0.15) is 70.3 Å². The maximum atomic E-state index is 15.4. The van der Waals surface area contributed by atoms with Gasteiger partial charge in [-0.15, -0.1) is 0 Å². The molecule has 2 aliphatic heterocycles. The number of amides is 3. The lowest BCUT2D eigenvalue weighted by molar-refractivity contribution is -0.120. The molecule has 1 aliphatic carbocycles. The first kappa shape index (κ1) is 30.8. The highest BCUT2D eigenvalue weighted by molar-refractivity contribution is 6.30. The average Bonchev–Trinajstić information content (AvgIpc) is 3.86. The van der Waals surface area contributed by atoms with Crippen molar-refractivity contribution in [1.29, 1.82) is 5.26 Å². The highest BCUT2D eigenvalue weighted by Crippen LogP contribution is 2.44. The summed E-state index contributed by atoms with van der Waals surface area (Å²) in [4.78, 5) is 28.6. The Balaban J connectivity index is 1.42. The first-order chi connectivity index (χ1) is 20.8. The zero-order valence-corrected chi connectivity index (χ0v) is 25.3. The van der Waals surface area contributed by atoms with E-state index in [-0.39, 0.29) is 11.7 Å². The first-order valence-electron chi connectivity index (χ1n) is 15.3. The number of anilines is 2. The highest BCUT2D eigenvalue weighted by atomic mass is 35.5. The second-order valence-electron chi connectivity index (χ2n) is 11.7. The minimum absolute atomic E-state index is 0.0681. The van der Waals surface area contributed by atoms with Gasteiger partial charge in [0.1, 0.15) is 17.9 Å². The molecule has 2 aromatic rings. The summed E-state index contributed by atoms with van der Waals surface area (Å²) in [6.07, 6.45) is 13.7. The van der Waals surface area contributed by atoms with Crippen LogP contribution in [0.4, 0.5) is 20.6 Å². The van der Waals surface area contributed by atoms with Crippen LogP contribution in [0, 0.1) is 23.1 Å². The van der Waals surface area contributed by atoms with Crippen LogP contribution in [0.5, 0.6) is 0 Å². The van der Waals surface area contributed by atoms with Gasteiger partial charge in [0.25, 0.3) is 0 Å². The van der Waals surface area contributed by atoms with E-state index in [2.05, 4.69) is 35.0 Å². The monoisotopic (exact) mass is 603 g/mol. The summed E-state index contributed by atoms with van der Waals surface area (Å²) in [6.45, 7) is 2.50. The Hall–Kier alpha value is -3.67. The van der Waals surface area contributed by atoms with Crippen molar-refractivity contribution in [3.8, 4) is 6.07 Å². The first-order valence-corrected chi connectivity index (χ1v) is 15.7. The van der Waals surface area contributed by atoms with Crippen molar-refractivity contribution in [3.63, 3.8) is 0 Å². The maximum absolute atomic E-state index is 15.4. The van der Waals surface area contributed by atoms with E-state index in [0.29, 0.717) is 29.6 Å². The minimum atomic E-state index is -0.754. The Morgan fingerprint density at radius 1 is 1.12 bits per heavy atom. The molecule has 0 spiro atoms. The van der Waals surface area contributed by atoms with Crippen LogP contribution in [0.3, 0.4) is 0 Å². The predicted octanol–water partition coefficient (Wildman–Crippen LogP) is 7.67. The molecule has 3 aliphatic rings. The average molecular weight is 604 g/mol. The van der Waals surface area contributed by atoms with E-state index in [1.54, 1.807) is 41.3 Å². The zero-order chi connectivity index (χ0) is 30.4. The summed E-state index contributed by atoms with van der Waals surface area (Å²) in [5, 5.41) is 19.7. The molecule has 3 N–H and O–H groups in total. The molecule has 0 bridgehead atoms. The van der Waals surface area contributed by atoms with E-state index >= 15 is 4.39 Å². The Morgan fingerprint density at radius 2 is 1.91 bits per heavy atom. The molecule has 2 fully saturated rings. The van der Waals surface area contributed by atoms with Gasteiger partial charge in [0.15, 0.2) is 0 Å². The molecule has 0 radical (unpaired) electrons. The summed E-state index contributed by atoms with van der Waals surface area (Å²) in [6, 6.07) is 12.3. The molecule has 1 saturated carbocycles. The molecule has 5 rings (SSSR count). The molecule has 43 heavy (non-hydrogen) atoms. The SMILES string of the molecule is CCC1=CC=CC(C#N)NC1(CCC1CC1)c1ccc(F)c(NC(=O)[C@H]2CCCCCN2C(=O)Nc2ccc(Cl)cc2)c1. The van der Waals surface area contributed by atoms with Gasteiger partial charge in [0.05, 0.1) is 17.3 Å². The van der Waals surface area contributed by atoms with Crippen LogP contribution in [0.2, 0.25) is 5.02 Å². The fourth-order valence-corrected chi connectivity index (χ4v) is 6.38. The molecule has 2 heterocycles. The van der Waals surface area contributed by atoms with E-state index in [4.69, 9.17) is 11.6 Å². The number of allylic oxidation sites excluding steroid dienone is 2. The molecule has 0 aromatic heterocycles. The number of halogens is 2. The molecular weight excluding hydrogens is 565 g/mol. The third kappa shape index (κ3) is 7.29. The largest absolute Gasteiger partial charge is 0.322 e. The topological polar surface area (TPSA) is 97.3 Å². The third-order valence-corrected chi connectivity index (χ3v) is 9.08. The maximum Gasteiger partial charge on any atom is 0.322 e. The molecular formula is C34H39ClFN5O2. The summed E-state index contributed by atoms with van der Waals surface area (Å²) in [5.74, 6) is -0.313. The van der Waals surface area contributed by atoms with Crippen LogP contribution in [0.25, 0.3) is 0 Å². The number of urea groups is 1. The van der Waals surface area contributed by atoms with Crippen molar-refractivity contribution >= 4 is 34.9 Å². The zero-order valence-electron chi connectivity index (χ0n) is 24.5. The van der Waals surface area contributed by atoms with Gasteiger partial charge < -0.3 is 15.5 Å². The summed E-state index contributed by atoms with van der Waals surface area (Å²) < 4.78 is 15.4. The van der Waals surface area contributed by atoms with Crippen molar-refractivity contribution in [2.45, 2.75) is 82.3 Å². The lowest BCUT2D eigenvalue weighted by Crippen LogP contribution is -2.49. The normalized spacial score (nSPS) is 23.9. The number of nitrogens with zero attached hydrogens (tertiary/aromatic N) is 2.